The number of nitrogens with zero attached hydrogens (tertiary/aromatic N) is 5. The van der Waals surface area contributed by atoms with Gasteiger partial charge in [-0.3, -0.25) is 4.68 Å². The van der Waals surface area contributed by atoms with Gasteiger partial charge < -0.3 is 5.73 Å². The second-order valence-electron chi connectivity index (χ2n) is 4.33. The molecule has 0 aliphatic carbocycles. The summed E-state index contributed by atoms with van der Waals surface area (Å²) < 4.78 is 3.61. The van der Waals surface area contributed by atoms with Crippen LogP contribution in [-0.4, -0.2) is 24.8 Å². The van der Waals surface area contributed by atoms with E-state index >= 15 is 0 Å². The number of nitrogen functional groups attached to an aromatic ring is 1. The van der Waals surface area contributed by atoms with Gasteiger partial charge in [-0.05, 0) is 20.3 Å². The lowest BCUT2D eigenvalue weighted by Crippen LogP contribution is -2.07. The summed E-state index contributed by atoms with van der Waals surface area (Å²) in [5, 5.41) is 12.4. The third-order valence-corrected chi connectivity index (χ3v) is 2.62. The molecular weight excluding hydrogens is 216 g/mol. The molecule has 6 heteroatoms. The predicted molar refractivity (Wildman–Crippen MR) is 65.9 cm³/mol. The molecule has 0 aliphatic rings. The highest BCUT2D eigenvalue weighted by Gasteiger charge is 2.13. The Morgan fingerprint density at radius 1 is 1.41 bits per heavy atom. The Morgan fingerprint density at radius 2 is 2.18 bits per heavy atom. The summed E-state index contributed by atoms with van der Waals surface area (Å²) in [4.78, 5) is 0. The van der Waals surface area contributed by atoms with Gasteiger partial charge >= 0.3 is 0 Å². The van der Waals surface area contributed by atoms with Crippen molar-refractivity contribution < 1.29 is 0 Å². The molecule has 0 amide bonds. The van der Waals surface area contributed by atoms with Crippen molar-refractivity contribution in [3.63, 3.8) is 0 Å². The van der Waals surface area contributed by atoms with Crippen molar-refractivity contribution in [1.82, 2.24) is 24.8 Å². The van der Waals surface area contributed by atoms with Crippen LogP contribution in [0.2, 0.25) is 0 Å². The van der Waals surface area contributed by atoms with Gasteiger partial charge in [0.05, 0.1) is 5.69 Å². The largest absolute Gasteiger partial charge is 0.381 e. The lowest BCUT2D eigenvalue weighted by atomic mass is 10.2. The van der Waals surface area contributed by atoms with Gasteiger partial charge in [0, 0.05) is 18.3 Å². The van der Waals surface area contributed by atoms with Crippen molar-refractivity contribution >= 4 is 5.82 Å². The second kappa shape index (κ2) is 4.57. The maximum absolute atomic E-state index is 5.80. The molecule has 2 N–H and O–H groups in total. The first-order chi connectivity index (χ1) is 8.13. The molecule has 17 heavy (non-hydrogen) atoms. The minimum Gasteiger partial charge on any atom is -0.381 e. The van der Waals surface area contributed by atoms with Crippen LogP contribution in [0.3, 0.4) is 0 Å². The quantitative estimate of drug-likeness (QED) is 0.871. The van der Waals surface area contributed by atoms with E-state index in [1.165, 1.54) is 0 Å². The minimum atomic E-state index is 0.333. The summed E-state index contributed by atoms with van der Waals surface area (Å²) >= 11 is 0. The van der Waals surface area contributed by atoms with Crippen molar-refractivity contribution in [3.05, 3.63) is 18.0 Å². The lowest BCUT2D eigenvalue weighted by Gasteiger charge is -2.05. The molecule has 0 atom stereocenters. The molecule has 0 unspecified atom stereocenters. The van der Waals surface area contributed by atoms with Crippen LogP contribution in [0.4, 0.5) is 5.82 Å². The molecule has 2 heterocycles. The Kier molecular flexibility index (Phi) is 3.12. The molecule has 92 valence electrons. The molecule has 0 saturated carbocycles. The second-order valence-corrected chi connectivity index (χ2v) is 4.33. The Hall–Kier alpha value is -1.85. The Balaban J connectivity index is 2.38. The van der Waals surface area contributed by atoms with Crippen molar-refractivity contribution in [2.45, 2.75) is 39.7 Å². The minimum absolute atomic E-state index is 0.333. The van der Waals surface area contributed by atoms with Gasteiger partial charge in [0.15, 0.2) is 11.6 Å². The third kappa shape index (κ3) is 2.15. The van der Waals surface area contributed by atoms with Crippen molar-refractivity contribution in [1.29, 1.82) is 0 Å². The summed E-state index contributed by atoms with van der Waals surface area (Å²) in [6.45, 7) is 6.27. The standard InChI is InChI=1S/C11H18N6/c1-4-5-9-11(12)13-15-17(9)10-6-7-16(14-10)8(2)3/h6-8H,4-5,12H2,1-3H3. The van der Waals surface area contributed by atoms with Crippen LogP contribution in [0.1, 0.15) is 38.9 Å². The molecule has 0 bridgehead atoms. The molecule has 6 nitrogen and oxygen atoms in total. The van der Waals surface area contributed by atoms with Crippen LogP contribution in [0.5, 0.6) is 0 Å². The number of rotatable bonds is 4. The highest BCUT2D eigenvalue weighted by Crippen LogP contribution is 2.15. The van der Waals surface area contributed by atoms with Gasteiger partial charge in [-0.15, -0.1) is 5.10 Å². The van der Waals surface area contributed by atoms with Crippen molar-refractivity contribution in [2.75, 3.05) is 5.73 Å². The average Bonchev–Trinajstić information content (AvgIpc) is 2.87. The fraction of sp³-hybridized carbons (Fsp3) is 0.545. The normalized spacial score (nSPS) is 11.3. The first-order valence-electron chi connectivity index (χ1n) is 5.89. The van der Waals surface area contributed by atoms with Gasteiger partial charge in [0.25, 0.3) is 0 Å². The average molecular weight is 234 g/mol. The van der Waals surface area contributed by atoms with Gasteiger partial charge in [-0.25, -0.2) is 0 Å². The SMILES string of the molecule is CCCc1c(N)nnn1-c1ccn(C(C)C)n1. The Morgan fingerprint density at radius 3 is 2.76 bits per heavy atom. The monoisotopic (exact) mass is 234 g/mol. The number of hydrogen-bond acceptors (Lipinski definition) is 4. The van der Waals surface area contributed by atoms with Gasteiger partial charge in [0.1, 0.15) is 0 Å². The molecular formula is C11H18N6. The predicted octanol–water partition coefficient (Wildman–Crippen LogP) is 1.58. The molecule has 0 fully saturated rings. The van der Waals surface area contributed by atoms with E-state index in [0.29, 0.717) is 11.9 Å². The maximum atomic E-state index is 5.80. The number of anilines is 1. The van der Waals surface area contributed by atoms with E-state index < -0.39 is 0 Å². The van der Waals surface area contributed by atoms with E-state index in [-0.39, 0.29) is 0 Å². The topological polar surface area (TPSA) is 74.5 Å². The van der Waals surface area contributed by atoms with E-state index in [9.17, 15) is 0 Å². The molecule has 0 aliphatic heterocycles. The first-order valence-corrected chi connectivity index (χ1v) is 5.89. The van der Waals surface area contributed by atoms with Crippen LogP contribution in [-0.2, 0) is 6.42 Å². The summed E-state index contributed by atoms with van der Waals surface area (Å²) in [6.07, 6.45) is 3.80. The zero-order chi connectivity index (χ0) is 12.4. The zero-order valence-electron chi connectivity index (χ0n) is 10.5. The van der Waals surface area contributed by atoms with Crippen LogP contribution < -0.4 is 5.73 Å². The summed E-state index contributed by atoms with van der Waals surface area (Å²) in [5.41, 5.74) is 6.73. The van der Waals surface area contributed by atoms with Crippen LogP contribution >= 0.6 is 0 Å². The number of nitrogens with two attached hydrogens (primary N) is 1. The molecule has 0 radical (unpaired) electrons. The summed E-state index contributed by atoms with van der Waals surface area (Å²) in [7, 11) is 0. The van der Waals surface area contributed by atoms with Gasteiger partial charge in [-0.1, -0.05) is 18.6 Å². The molecule has 0 saturated heterocycles. The molecule has 2 rings (SSSR count). The highest BCUT2D eigenvalue weighted by atomic mass is 15.5. The highest BCUT2D eigenvalue weighted by molar-refractivity contribution is 5.37. The third-order valence-electron chi connectivity index (χ3n) is 2.62. The van der Waals surface area contributed by atoms with E-state index in [0.717, 1.165) is 24.4 Å². The first kappa shape index (κ1) is 11.6. The summed E-state index contributed by atoms with van der Waals surface area (Å²) in [6, 6.07) is 2.26. The van der Waals surface area contributed by atoms with Crippen LogP contribution in [0, 0.1) is 0 Å². The smallest absolute Gasteiger partial charge is 0.177 e. The molecule has 0 aromatic carbocycles. The maximum Gasteiger partial charge on any atom is 0.177 e. The molecule has 0 spiro atoms. The Labute approximate surface area is 100 Å². The van der Waals surface area contributed by atoms with Crippen LogP contribution in [0.25, 0.3) is 5.82 Å². The van der Waals surface area contributed by atoms with E-state index in [1.54, 1.807) is 4.68 Å². The molecule has 2 aromatic heterocycles. The van der Waals surface area contributed by atoms with E-state index in [1.807, 2.05) is 16.9 Å². The lowest BCUT2D eigenvalue weighted by molar-refractivity contribution is 0.526. The Bertz CT molecular complexity index is 496. The van der Waals surface area contributed by atoms with E-state index in [2.05, 4.69) is 36.2 Å². The van der Waals surface area contributed by atoms with Crippen molar-refractivity contribution in [3.8, 4) is 5.82 Å². The summed E-state index contributed by atoms with van der Waals surface area (Å²) in [5.74, 6) is 1.26. The fourth-order valence-corrected chi connectivity index (χ4v) is 1.70. The number of hydrogen-bond donors (Lipinski definition) is 1. The fourth-order valence-electron chi connectivity index (χ4n) is 1.70. The molecule has 2 aromatic rings. The van der Waals surface area contributed by atoms with Crippen molar-refractivity contribution in [2.24, 2.45) is 0 Å². The van der Waals surface area contributed by atoms with Gasteiger partial charge in [0.2, 0.25) is 0 Å². The number of aromatic nitrogens is 5. The van der Waals surface area contributed by atoms with Crippen LogP contribution in [0.15, 0.2) is 12.3 Å². The van der Waals surface area contributed by atoms with E-state index in [4.69, 9.17) is 5.73 Å². The zero-order valence-corrected chi connectivity index (χ0v) is 10.5. The van der Waals surface area contributed by atoms with Gasteiger partial charge in [-0.2, -0.15) is 9.78 Å².